The number of rotatable bonds is 20. The lowest BCUT2D eigenvalue weighted by Crippen LogP contribution is -2.36. The van der Waals surface area contributed by atoms with Gasteiger partial charge in [-0.25, -0.2) is 9.18 Å². The predicted molar refractivity (Wildman–Crippen MR) is 163 cm³/mol. The summed E-state index contributed by atoms with van der Waals surface area (Å²) in [5, 5.41) is 9.60. The Labute approximate surface area is 259 Å². The van der Waals surface area contributed by atoms with Gasteiger partial charge in [-0.3, -0.25) is 9.78 Å². The van der Waals surface area contributed by atoms with Crippen molar-refractivity contribution >= 4 is 12.0 Å². The van der Waals surface area contributed by atoms with Crippen LogP contribution in [0.3, 0.4) is 0 Å². The van der Waals surface area contributed by atoms with Crippen molar-refractivity contribution in [3.8, 4) is 5.75 Å². The third-order valence-electron chi connectivity index (χ3n) is 7.89. The van der Waals surface area contributed by atoms with Gasteiger partial charge < -0.3 is 33.9 Å². The van der Waals surface area contributed by atoms with E-state index < -0.39 is 17.8 Å². The molecule has 1 N–H and O–H groups in total. The number of hydrogen-bond donors (Lipinski definition) is 1. The Morgan fingerprint density at radius 3 is 2.43 bits per heavy atom. The first kappa shape index (κ1) is 33.6. The van der Waals surface area contributed by atoms with Gasteiger partial charge in [0.1, 0.15) is 6.61 Å². The fourth-order valence-corrected chi connectivity index (χ4v) is 5.63. The quantitative estimate of drug-likeness (QED) is 0.211. The lowest BCUT2D eigenvalue weighted by atomic mass is 9.95. The number of halogens is 1. The first-order chi connectivity index (χ1) is 21.5. The second kappa shape index (κ2) is 17.9. The number of fused-ring (bicyclic) bond motifs is 1. The maximum atomic E-state index is 15.0. The molecule has 0 bridgehead atoms. The minimum atomic E-state index is -1.06. The summed E-state index contributed by atoms with van der Waals surface area (Å²) in [6, 6.07) is 7.61. The van der Waals surface area contributed by atoms with E-state index in [4.69, 9.17) is 23.9 Å². The normalized spacial score (nSPS) is 15.5. The van der Waals surface area contributed by atoms with Crippen LogP contribution in [0.4, 0.5) is 9.18 Å². The highest BCUT2D eigenvalue weighted by molar-refractivity contribution is 5.78. The topological polar surface area (TPSA) is 111 Å². The number of pyridine rings is 1. The average molecular weight is 616 g/mol. The van der Waals surface area contributed by atoms with E-state index in [2.05, 4.69) is 12.1 Å². The van der Waals surface area contributed by atoms with Crippen LogP contribution in [0.1, 0.15) is 67.6 Å². The Morgan fingerprint density at radius 2 is 1.70 bits per heavy atom. The van der Waals surface area contributed by atoms with Gasteiger partial charge in [0.2, 0.25) is 0 Å². The minimum Gasteiger partial charge on any atom is -0.488 e. The van der Waals surface area contributed by atoms with Gasteiger partial charge in [-0.2, -0.15) is 0 Å². The zero-order valence-electron chi connectivity index (χ0n) is 25.8. The van der Waals surface area contributed by atoms with E-state index in [1.54, 1.807) is 11.0 Å². The highest BCUT2D eigenvalue weighted by Gasteiger charge is 2.35. The third kappa shape index (κ3) is 10.1. The van der Waals surface area contributed by atoms with Crippen molar-refractivity contribution in [1.29, 1.82) is 0 Å². The number of carboxylic acid groups (broad SMARTS) is 1. The van der Waals surface area contributed by atoms with E-state index in [1.807, 2.05) is 6.92 Å². The molecule has 2 aromatic rings. The summed E-state index contributed by atoms with van der Waals surface area (Å²) >= 11 is 0. The van der Waals surface area contributed by atoms with Gasteiger partial charge in [-0.05, 0) is 74.3 Å². The summed E-state index contributed by atoms with van der Waals surface area (Å²) in [5.41, 5.74) is 4.01. The number of carbonyl (C=O) groups excluding carboxylic acids is 1. The highest BCUT2D eigenvalue weighted by atomic mass is 19.1. The van der Waals surface area contributed by atoms with Crippen LogP contribution in [-0.2, 0) is 38.3 Å². The van der Waals surface area contributed by atoms with Crippen LogP contribution in [0.2, 0.25) is 0 Å². The number of ether oxygens (including phenoxy) is 4. The predicted octanol–water partition coefficient (Wildman–Crippen LogP) is 4.82. The van der Waals surface area contributed by atoms with E-state index in [0.717, 1.165) is 44.4 Å². The van der Waals surface area contributed by atoms with E-state index in [-0.39, 0.29) is 31.4 Å². The van der Waals surface area contributed by atoms with Crippen LogP contribution in [0.15, 0.2) is 30.3 Å². The van der Waals surface area contributed by atoms with Crippen LogP contribution in [0.25, 0.3) is 0 Å². The molecule has 4 rings (SSSR count). The fraction of sp³-hybridized carbons (Fsp3) is 0.606. The summed E-state index contributed by atoms with van der Waals surface area (Å²) < 4.78 is 36.7. The Bertz CT molecular complexity index is 1210. The monoisotopic (exact) mass is 615 g/mol. The molecule has 2 aliphatic rings. The lowest BCUT2D eigenvalue weighted by molar-refractivity contribution is -0.138. The van der Waals surface area contributed by atoms with E-state index in [0.29, 0.717) is 51.6 Å². The fourth-order valence-electron chi connectivity index (χ4n) is 5.63. The average Bonchev–Trinajstić information content (AvgIpc) is 3.38. The van der Waals surface area contributed by atoms with Gasteiger partial charge in [0.15, 0.2) is 11.6 Å². The van der Waals surface area contributed by atoms with Crippen molar-refractivity contribution in [2.24, 2.45) is 0 Å². The minimum absolute atomic E-state index is 0.0425. The number of aliphatic carboxylic acids is 1. The van der Waals surface area contributed by atoms with Crippen molar-refractivity contribution < 1.29 is 38.0 Å². The number of carbonyl (C=O) groups is 2. The molecule has 0 spiro atoms. The molecule has 10 nitrogen and oxygen atoms in total. The summed E-state index contributed by atoms with van der Waals surface area (Å²) in [6.45, 7) is 6.49. The van der Waals surface area contributed by atoms with Crippen molar-refractivity contribution in [2.45, 2.75) is 64.3 Å². The number of urea groups is 1. The molecule has 1 atom stereocenters. The molecular weight excluding hydrogens is 569 g/mol. The molecule has 1 aliphatic carbocycles. The smallest absolute Gasteiger partial charge is 0.320 e. The Hall–Kier alpha value is -3.28. The number of benzene rings is 1. The van der Waals surface area contributed by atoms with Crippen molar-refractivity contribution in [2.75, 3.05) is 65.9 Å². The molecule has 0 radical (unpaired) electrons. The van der Waals surface area contributed by atoms with Crippen LogP contribution >= 0.6 is 0 Å². The molecule has 1 aliphatic heterocycles. The Morgan fingerprint density at radius 1 is 0.977 bits per heavy atom. The maximum Gasteiger partial charge on any atom is 0.320 e. The molecule has 1 saturated heterocycles. The van der Waals surface area contributed by atoms with Gasteiger partial charge in [-0.15, -0.1) is 0 Å². The lowest BCUT2D eigenvalue weighted by Gasteiger charge is -2.27. The number of aryl methyl sites for hydroxylation is 3. The summed E-state index contributed by atoms with van der Waals surface area (Å²) in [7, 11) is 0. The Kier molecular flexibility index (Phi) is 13.7. The molecule has 11 heteroatoms. The molecule has 2 amide bonds. The largest absolute Gasteiger partial charge is 0.488 e. The van der Waals surface area contributed by atoms with Gasteiger partial charge in [0.25, 0.3) is 0 Å². The standard InChI is InChI=1S/C33H46FN3O7/c1-2-16-41-17-18-42-19-20-43-21-22-44-31-12-10-26(23-28(31)34)30(24-32(38)39)37-15-14-36(33(37)40)13-5-7-27-11-9-25-6-3-4-8-29(25)35-27/h9-12,23,30H,2-8,13-22,24H2,1H3,(H,38,39)/t30-/m1/s1. The van der Waals surface area contributed by atoms with Crippen molar-refractivity contribution in [1.82, 2.24) is 14.8 Å². The SMILES string of the molecule is CCCOCCOCCOCCOc1ccc([C@@H](CC(=O)O)N2CCN(CCCc3ccc4c(n3)CCCC4)C2=O)cc1F. The molecule has 1 aromatic heterocycles. The van der Waals surface area contributed by atoms with E-state index in [9.17, 15) is 19.1 Å². The van der Waals surface area contributed by atoms with Crippen molar-refractivity contribution in [3.63, 3.8) is 0 Å². The molecule has 1 fully saturated rings. The second-order valence-corrected chi connectivity index (χ2v) is 11.2. The third-order valence-corrected chi connectivity index (χ3v) is 7.89. The number of amides is 2. The second-order valence-electron chi connectivity index (χ2n) is 11.2. The summed E-state index contributed by atoms with van der Waals surface area (Å²) in [4.78, 5) is 33.2. The molecular formula is C33H46FN3O7. The van der Waals surface area contributed by atoms with Gasteiger partial charge in [-0.1, -0.05) is 19.1 Å². The summed E-state index contributed by atoms with van der Waals surface area (Å²) in [5.74, 6) is -1.63. The van der Waals surface area contributed by atoms with Gasteiger partial charge >= 0.3 is 12.0 Å². The molecule has 242 valence electrons. The highest BCUT2D eigenvalue weighted by Crippen LogP contribution is 2.31. The van der Waals surface area contributed by atoms with Gasteiger partial charge in [0.05, 0.1) is 45.5 Å². The zero-order chi connectivity index (χ0) is 31.1. The van der Waals surface area contributed by atoms with Crippen LogP contribution < -0.4 is 4.74 Å². The number of hydrogen-bond acceptors (Lipinski definition) is 7. The first-order valence-electron chi connectivity index (χ1n) is 15.9. The van der Waals surface area contributed by atoms with E-state index >= 15 is 0 Å². The van der Waals surface area contributed by atoms with Crippen LogP contribution in [-0.4, -0.2) is 97.8 Å². The molecule has 44 heavy (non-hydrogen) atoms. The van der Waals surface area contributed by atoms with Crippen molar-refractivity contribution in [3.05, 3.63) is 58.7 Å². The van der Waals surface area contributed by atoms with Crippen LogP contribution in [0.5, 0.6) is 5.75 Å². The Balaban J connectivity index is 1.23. The summed E-state index contributed by atoms with van der Waals surface area (Å²) in [6.07, 6.45) is 6.72. The number of nitrogens with zero attached hydrogens (tertiary/aromatic N) is 3. The molecule has 2 heterocycles. The molecule has 1 aromatic carbocycles. The molecule has 0 saturated carbocycles. The van der Waals surface area contributed by atoms with E-state index in [1.165, 1.54) is 41.1 Å². The maximum absolute atomic E-state index is 15.0. The first-order valence-corrected chi connectivity index (χ1v) is 15.9. The number of carboxylic acids is 1. The van der Waals surface area contributed by atoms with Crippen LogP contribution in [0, 0.1) is 5.82 Å². The molecule has 0 unspecified atom stereocenters. The van der Waals surface area contributed by atoms with Gasteiger partial charge in [0, 0.05) is 37.6 Å². The number of aromatic nitrogens is 1. The zero-order valence-corrected chi connectivity index (χ0v) is 25.8.